The summed E-state index contributed by atoms with van der Waals surface area (Å²) < 4.78 is 45.2. The van der Waals surface area contributed by atoms with Gasteiger partial charge in [-0.3, -0.25) is 4.79 Å². The minimum absolute atomic E-state index is 0.210. The molecule has 0 bridgehead atoms. The van der Waals surface area contributed by atoms with Crippen molar-refractivity contribution in [2.45, 2.75) is 37.2 Å². The number of benzene rings is 2. The number of nitrogens with zero attached hydrogens (tertiary/aromatic N) is 1. The van der Waals surface area contributed by atoms with Crippen LogP contribution in [-0.4, -0.2) is 37.8 Å². The molecule has 2 aromatic rings. The molecule has 0 unspecified atom stereocenters. The quantitative estimate of drug-likeness (QED) is 0.765. The van der Waals surface area contributed by atoms with Crippen LogP contribution in [0.3, 0.4) is 0 Å². The summed E-state index contributed by atoms with van der Waals surface area (Å²) in [7, 11) is -3.48. The molecule has 1 atom stereocenters. The third-order valence-electron chi connectivity index (χ3n) is 4.58. The van der Waals surface area contributed by atoms with Crippen LogP contribution in [0, 0.1) is 5.82 Å². The van der Waals surface area contributed by atoms with Crippen molar-refractivity contribution in [3.8, 4) is 5.75 Å². The van der Waals surface area contributed by atoms with Crippen molar-refractivity contribution in [1.82, 2.24) is 4.31 Å². The second-order valence-corrected chi connectivity index (χ2v) is 8.53. The van der Waals surface area contributed by atoms with Crippen LogP contribution in [0.25, 0.3) is 0 Å². The number of carbonyl (C=O) groups is 1. The lowest BCUT2D eigenvalue weighted by molar-refractivity contribution is -0.122. The van der Waals surface area contributed by atoms with Crippen molar-refractivity contribution in [3.05, 3.63) is 54.3 Å². The summed E-state index contributed by atoms with van der Waals surface area (Å²) in [6.45, 7) is 2.89. The smallest absolute Gasteiger partial charge is 0.265 e. The molecule has 1 aliphatic rings. The number of ether oxygens (including phenoxy) is 1. The van der Waals surface area contributed by atoms with Gasteiger partial charge in [-0.2, -0.15) is 4.31 Å². The summed E-state index contributed by atoms with van der Waals surface area (Å²) in [6.07, 6.45) is 1.42. The topological polar surface area (TPSA) is 75.7 Å². The number of rotatable bonds is 7. The number of sulfonamides is 1. The molecular formula is C20H23FN2O4S. The van der Waals surface area contributed by atoms with Gasteiger partial charge in [-0.05, 0) is 67.8 Å². The fourth-order valence-corrected chi connectivity index (χ4v) is 4.53. The normalized spacial score (nSPS) is 15.9. The lowest BCUT2D eigenvalue weighted by Gasteiger charge is -2.18. The van der Waals surface area contributed by atoms with E-state index >= 15 is 0 Å². The lowest BCUT2D eigenvalue weighted by atomic mass is 10.2. The Morgan fingerprint density at radius 2 is 1.71 bits per heavy atom. The molecule has 1 saturated heterocycles. The molecule has 8 heteroatoms. The first-order chi connectivity index (χ1) is 13.4. The molecule has 1 heterocycles. The summed E-state index contributed by atoms with van der Waals surface area (Å²) in [5, 5.41) is 2.73. The zero-order valence-electron chi connectivity index (χ0n) is 15.6. The first-order valence-corrected chi connectivity index (χ1v) is 10.7. The number of nitrogens with one attached hydrogen (secondary N) is 1. The van der Waals surface area contributed by atoms with Gasteiger partial charge in [0.25, 0.3) is 5.91 Å². The molecule has 1 fully saturated rings. The number of hydrogen-bond acceptors (Lipinski definition) is 4. The average Bonchev–Trinajstić information content (AvgIpc) is 3.23. The standard InChI is InChI=1S/C20H23FN2O4S/c1-2-19(27-17-9-5-15(21)6-10-17)20(24)22-16-7-11-18(12-8-16)28(25,26)23-13-3-4-14-23/h5-12,19H,2-4,13-14H2,1H3,(H,22,24)/t19-/m1/s1. The number of amides is 1. The Balaban J connectivity index is 1.65. The molecule has 6 nitrogen and oxygen atoms in total. The Kier molecular flexibility index (Phi) is 6.31. The SMILES string of the molecule is CC[C@@H](Oc1ccc(F)cc1)C(=O)Nc1ccc(S(=O)(=O)N2CCCC2)cc1. The van der Waals surface area contributed by atoms with Crippen LogP contribution in [-0.2, 0) is 14.8 Å². The number of halogens is 1. The van der Waals surface area contributed by atoms with Crippen LogP contribution in [0.5, 0.6) is 5.75 Å². The lowest BCUT2D eigenvalue weighted by Crippen LogP contribution is -2.32. The molecule has 1 amide bonds. The maximum absolute atomic E-state index is 13.0. The summed E-state index contributed by atoms with van der Waals surface area (Å²) >= 11 is 0. The van der Waals surface area contributed by atoms with Crippen LogP contribution in [0.15, 0.2) is 53.4 Å². The highest BCUT2D eigenvalue weighted by molar-refractivity contribution is 7.89. The minimum atomic E-state index is -3.48. The Labute approximate surface area is 164 Å². The fraction of sp³-hybridized carbons (Fsp3) is 0.350. The summed E-state index contributed by atoms with van der Waals surface area (Å²) in [4.78, 5) is 12.7. The molecule has 0 saturated carbocycles. The van der Waals surface area contributed by atoms with E-state index in [1.165, 1.54) is 40.7 Å². The zero-order valence-corrected chi connectivity index (χ0v) is 16.4. The summed E-state index contributed by atoms with van der Waals surface area (Å²) in [6, 6.07) is 11.6. The van der Waals surface area contributed by atoms with Crippen LogP contribution < -0.4 is 10.1 Å². The highest BCUT2D eigenvalue weighted by Gasteiger charge is 2.27. The van der Waals surface area contributed by atoms with Crippen LogP contribution in [0.1, 0.15) is 26.2 Å². The number of carbonyl (C=O) groups excluding carboxylic acids is 1. The van der Waals surface area contributed by atoms with Crippen molar-refractivity contribution in [1.29, 1.82) is 0 Å². The van der Waals surface area contributed by atoms with E-state index in [1.54, 1.807) is 19.1 Å². The van der Waals surface area contributed by atoms with Crippen molar-refractivity contribution in [2.24, 2.45) is 0 Å². The van der Waals surface area contributed by atoms with E-state index in [9.17, 15) is 17.6 Å². The van der Waals surface area contributed by atoms with Gasteiger partial charge in [0.05, 0.1) is 4.90 Å². The molecule has 0 radical (unpaired) electrons. The maximum atomic E-state index is 13.0. The van der Waals surface area contributed by atoms with Gasteiger partial charge >= 0.3 is 0 Å². The van der Waals surface area contributed by atoms with Crippen LogP contribution in [0.4, 0.5) is 10.1 Å². The van der Waals surface area contributed by atoms with Gasteiger partial charge in [-0.15, -0.1) is 0 Å². The van der Waals surface area contributed by atoms with Gasteiger partial charge in [0.15, 0.2) is 6.10 Å². The zero-order chi connectivity index (χ0) is 20.1. The van der Waals surface area contributed by atoms with Gasteiger partial charge < -0.3 is 10.1 Å². The molecule has 28 heavy (non-hydrogen) atoms. The fourth-order valence-electron chi connectivity index (χ4n) is 3.01. The average molecular weight is 406 g/mol. The van der Waals surface area contributed by atoms with Crippen LogP contribution >= 0.6 is 0 Å². The number of hydrogen-bond donors (Lipinski definition) is 1. The second-order valence-electron chi connectivity index (χ2n) is 6.59. The van der Waals surface area contributed by atoms with Crippen molar-refractivity contribution in [3.63, 3.8) is 0 Å². The van der Waals surface area contributed by atoms with E-state index in [-0.39, 0.29) is 16.6 Å². The predicted molar refractivity (Wildman–Crippen MR) is 104 cm³/mol. The van der Waals surface area contributed by atoms with Gasteiger partial charge in [0, 0.05) is 18.8 Å². The summed E-state index contributed by atoms with van der Waals surface area (Å²) in [5.41, 5.74) is 0.478. The summed E-state index contributed by atoms with van der Waals surface area (Å²) in [5.74, 6) is -0.341. The molecule has 0 aromatic heterocycles. The van der Waals surface area contributed by atoms with Crippen molar-refractivity contribution >= 4 is 21.6 Å². The van der Waals surface area contributed by atoms with Gasteiger partial charge in [0.2, 0.25) is 10.0 Å². The Morgan fingerprint density at radius 1 is 1.11 bits per heavy atom. The maximum Gasteiger partial charge on any atom is 0.265 e. The molecule has 2 aromatic carbocycles. The Bertz CT molecular complexity index is 908. The molecule has 3 rings (SSSR count). The molecule has 150 valence electrons. The predicted octanol–water partition coefficient (Wildman–Crippen LogP) is 3.41. The van der Waals surface area contributed by atoms with Gasteiger partial charge in [0.1, 0.15) is 11.6 Å². The second kappa shape index (κ2) is 8.70. The van der Waals surface area contributed by atoms with E-state index < -0.39 is 16.1 Å². The van der Waals surface area contributed by atoms with Crippen molar-refractivity contribution in [2.75, 3.05) is 18.4 Å². The Hall–Kier alpha value is -2.45. The highest BCUT2D eigenvalue weighted by atomic mass is 32.2. The molecule has 1 aliphatic heterocycles. The minimum Gasteiger partial charge on any atom is -0.481 e. The molecule has 1 N–H and O–H groups in total. The molecule has 0 spiro atoms. The van der Waals surface area contributed by atoms with E-state index in [0.29, 0.717) is 30.9 Å². The first-order valence-electron chi connectivity index (χ1n) is 9.23. The van der Waals surface area contributed by atoms with E-state index in [1.807, 2.05) is 0 Å². The van der Waals surface area contributed by atoms with E-state index in [4.69, 9.17) is 4.74 Å². The molecule has 0 aliphatic carbocycles. The first kappa shape index (κ1) is 20.3. The largest absolute Gasteiger partial charge is 0.481 e. The monoisotopic (exact) mass is 406 g/mol. The van der Waals surface area contributed by atoms with Crippen LogP contribution in [0.2, 0.25) is 0 Å². The highest BCUT2D eigenvalue weighted by Crippen LogP contribution is 2.22. The van der Waals surface area contributed by atoms with E-state index in [0.717, 1.165) is 12.8 Å². The number of anilines is 1. The molecular weight excluding hydrogens is 383 g/mol. The van der Waals surface area contributed by atoms with Crippen molar-refractivity contribution < 1.29 is 22.3 Å². The third kappa shape index (κ3) is 4.69. The van der Waals surface area contributed by atoms with Gasteiger partial charge in [-0.25, -0.2) is 12.8 Å². The third-order valence-corrected chi connectivity index (χ3v) is 6.49. The Morgan fingerprint density at radius 3 is 2.29 bits per heavy atom. The van der Waals surface area contributed by atoms with E-state index in [2.05, 4.69) is 5.32 Å². The van der Waals surface area contributed by atoms with Gasteiger partial charge in [-0.1, -0.05) is 6.92 Å².